The Kier molecular flexibility index (Phi) is 1.34. The van der Waals surface area contributed by atoms with Gasteiger partial charge in [0.2, 0.25) is 0 Å². The molecule has 0 radical (unpaired) electrons. The van der Waals surface area contributed by atoms with Gasteiger partial charge in [-0.1, -0.05) is 0 Å². The van der Waals surface area contributed by atoms with E-state index in [-0.39, 0.29) is 5.78 Å². The van der Waals surface area contributed by atoms with Gasteiger partial charge in [-0.2, -0.15) is 0 Å². The SMILES string of the molecule is NC1(C(=O)c2cncs2)CC1. The zero-order valence-electron chi connectivity index (χ0n) is 5.91. The van der Waals surface area contributed by atoms with Crippen LogP contribution < -0.4 is 5.73 Å². The molecule has 1 fully saturated rings. The van der Waals surface area contributed by atoms with Gasteiger partial charge in [-0.05, 0) is 12.8 Å². The molecule has 1 aliphatic rings. The molecular weight excluding hydrogens is 160 g/mol. The fraction of sp³-hybridized carbons (Fsp3) is 0.429. The number of thiazole rings is 1. The van der Waals surface area contributed by atoms with Crippen LogP contribution in [-0.4, -0.2) is 16.3 Å². The number of ketones is 1. The quantitative estimate of drug-likeness (QED) is 0.665. The van der Waals surface area contributed by atoms with Gasteiger partial charge in [-0.3, -0.25) is 9.78 Å². The lowest BCUT2D eigenvalue weighted by molar-refractivity contribution is 0.0953. The second-order valence-corrected chi connectivity index (χ2v) is 3.74. The molecule has 0 amide bonds. The largest absolute Gasteiger partial charge is 0.319 e. The molecule has 0 bridgehead atoms. The Morgan fingerprint density at radius 2 is 2.45 bits per heavy atom. The van der Waals surface area contributed by atoms with Crippen LogP contribution in [-0.2, 0) is 0 Å². The van der Waals surface area contributed by atoms with E-state index in [0.717, 1.165) is 12.8 Å². The predicted molar refractivity (Wildman–Crippen MR) is 42.6 cm³/mol. The van der Waals surface area contributed by atoms with E-state index in [1.807, 2.05) is 0 Å². The van der Waals surface area contributed by atoms with E-state index in [4.69, 9.17) is 5.73 Å². The van der Waals surface area contributed by atoms with Crippen molar-refractivity contribution in [1.82, 2.24) is 4.98 Å². The van der Waals surface area contributed by atoms with Crippen molar-refractivity contribution in [1.29, 1.82) is 0 Å². The number of aromatic nitrogens is 1. The monoisotopic (exact) mass is 168 g/mol. The molecule has 2 rings (SSSR count). The fourth-order valence-electron chi connectivity index (χ4n) is 0.935. The first-order valence-corrected chi connectivity index (χ1v) is 4.32. The van der Waals surface area contributed by atoms with Crippen LogP contribution in [0.4, 0.5) is 0 Å². The van der Waals surface area contributed by atoms with E-state index in [2.05, 4.69) is 4.98 Å². The van der Waals surface area contributed by atoms with Gasteiger partial charge in [0.25, 0.3) is 0 Å². The van der Waals surface area contributed by atoms with Gasteiger partial charge >= 0.3 is 0 Å². The van der Waals surface area contributed by atoms with Gasteiger partial charge < -0.3 is 5.73 Å². The molecule has 0 spiro atoms. The van der Waals surface area contributed by atoms with E-state index in [9.17, 15) is 4.79 Å². The van der Waals surface area contributed by atoms with Crippen LogP contribution in [0.25, 0.3) is 0 Å². The van der Waals surface area contributed by atoms with Crippen molar-refractivity contribution in [2.75, 3.05) is 0 Å². The minimum atomic E-state index is -0.535. The van der Waals surface area contributed by atoms with Crippen LogP contribution >= 0.6 is 11.3 Å². The molecule has 2 N–H and O–H groups in total. The van der Waals surface area contributed by atoms with Crippen molar-refractivity contribution in [2.45, 2.75) is 18.4 Å². The smallest absolute Gasteiger partial charge is 0.194 e. The maximum Gasteiger partial charge on any atom is 0.194 e. The molecule has 0 unspecified atom stereocenters. The number of nitrogens with two attached hydrogens (primary N) is 1. The first kappa shape index (κ1) is 6.94. The van der Waals surface area contributed by atoms with E-state index in [1.54, 1.807) is 11.7 Å². The molecule has 1 saturated carbocycles. The topological polar surface area (TPSA) is 56.0 Å². The Bertz CT molecular complexity index is 277. The van der Waals surface area contributed by atoms with Crippen molar-refractivity contribution < 1.29 is 4.79 Å². The Morgan fingerprint density at radius 3 is 2.91 bits per heavy atom. The number of carbonyl (C=O) groups is 1. The summed E-state index contributed by atoms with van der Waals surface area (Å²) in [5.41, 5.74) is 6.83. The van der Waals surface area contributed by atoms with Gasteiger partial charge in [0.1, 0.15) is 0 Å². The number of hydrogen-bond donors (Lipinski definition) is 1. The van der Waals surface area contributed by atoms with Crippen molar-refractivity contribution in [3.8, 4) is 0 Å². The molecule has 11 heavy (non-hydrogen) atoms. The molecule has 1 aromatic rings. The maximum absolute atomic E-state index is 11.4. The number of nitrogens with zero attached hydrogens (tertiary/aromatic N) is 1. The average Bonchev–Trinajstić information content (AvgIpc) is 2.54. The molecule has 1 heterocycles. The van der Waals surface area contributed by atoms with Gasteiger partial charge in [0.15, 0.2) is 5.78 Å². The lowest BCUT2D eigenvalue weighted by Gasteiger charge is -2.02. The van der Waals surface area contributed by atoms with Crippen molar-refractivity contribution in [2.24, 2.45) is 5.73 Å². The summed E-state index contributed by atoms with van der Waals surface area (Å²) in [4.78, 5) is 15.9. The highest BCUT2D eigenvalue weighted by Crippen LogP contribution is 2.36. The third-order valence-corrected chi connectivity index (χ3v) is 2.67. The standard InChI is InChI=1S/C7H8N2OS/c8-7(1-2-7)6(10)5-3-9-4-11-5/h3-4H,1-2,8H2. The predicted octanol–water partition coefficient (Wildman–Crippen LogP) is 0.817. The van der Waals surface area contributed by atoms with Gasteiger partial charge in [-0.15, -0.1) is 11.3 Å². The lowest BCUT2D eigenvalue weighted by Crippen LogP contribution is -2.32. The van der Waals surface area contributed by atoms with Crippen LogP contribution in [0.3, 0.4) is 0 Å². The van der Waals surface area contributed by atoms with Crippen molar-refractivity contribution in [3.05, 3.63) is 16.6 Å². The molecular formula is C7H8N2OS. The summed E-state index contributed by atoms with van der Waals surface area (Å²) in [6, 6.07) is 0. The summed E-state index contributed by atoms with van der Waals surface area (Å²) in [5.74, 6) is 0.0556. The van der Waals surface area contributed by atoms with Gasteiger partial charge in [0.05, 0.1) is 15.9 Å². The zero-order valence-corrected chi connectivity index (χ0v) is 6.73. The first-order valence-electron chi connectivity index (χ1n) is 3.44. The third kappa shape index (κ3) is 1.08. The molecule has 3 nitrogen and oxygen atoms in total. The van der Waals surface area contributed by atoms with Crippen LogP contribution in [0.5, 0.6) is 0 Å². The Morgan fingerprint density at radius 1 is 1.73 bits per heavy atom. The molecule has 1 aliphatic carbocycles. The molecule has 0 aliphatic heterocycles. The molecule has 0 saturated heterocycles. The Balaban J connectivity index is 2.24. The summed E-state index contributed by atoms with van der Waals surface area (Å²) in [6.07, 6.45) is 3.23. The molecule has 58 valence electrons. The maximum atomic E-state index is 11.4. The number of hydrogen-bond acceptors (Lipinski definition) is 4. The van der Waals surface area contributed by atoms with E-state index < -0.39 is 5.54 Å². The highest BCUT2D eigenvalue weighted by molar-refractivity contribution is 7.11. The summed E-state index contributed by atoms with van der Waals surface area (Å²) < 4.78 is 0. The van der Waals surface area contributed by atoms with Crippen LogP contribution in [0.2, 0.25) is 0 Å². The number of carbonyl (C=O) groups excluding carboxylic acids is 1. The van der Waals surface area contributed by atoms with Crippen molar-refractivity contribution in [3.63, 3.8) is 0 Å². The average molecular weight is 168 g/mol. The van der Waals surface area contributed by atoms with Gasteiger partial charge in [-0.25, -0.2) is 0 Å². The van der Waals surface area contributed by atoms with Crippen LogP contribution in [0.15, 0.2) is 11.7 Å². The number of Topliss-reactive ketones (excluding diaryl/α,β-unsaturated/α-hetero) is 1. The summed E-state index contributed by atoms with van der Waals surface area (Å²) in [6.45, 7) is 0. The molecule has 4 heteroatoms. The van der Waals surface area contributed by atoms with E-state index in [1.165, 1.54) is 11.3 Å². The first-order chi connectivity index (χ1) is 5.22. The normalized spacial score (nSPS) is 19.7. The minimum Gasteiger partial charge on any atom is -0.319 e. The second kappa shape index (κ2) is 2.12. The van der Waals surface area contributed by atoms with Crippen LogP contribution in [0, 0.1) is 0 Å². The van der Waals surface area contributed by atoms with E-state index in [0.29, 0.717) is 4.88 Å². The highest BCUT2D eigenvalue weighted by atomic mass is 32.1. The summed E-state index contributed by atoms with van der Waals surface area (Å²) in [7, 11) is 0. The minimum absolute atomic E-state index is 0.0556. The Hall–Kier alpha value is -0.740. The van der Waals surface area contributed by atoms with Gasteiger partial charge in [0, 0.05) is 6.20 Å². The fourth-order valence-corrected chi connectivity index (χ4v) is 1.60. The molecule has 1 aromatic heterocycles. The van der Waals surface area contributed by atoms with Crippen LogP contribution in [0.1, 0.15) is 22.5 Å². The van der Waals surface area contributed by atoms with Crippen molar-refractivity contribution >= 4 is 17.1 Å². The Labute approximate surface area is 68.2 Å². The lowest BCUT2D eigenvalue weighted by atomic mass is 10.1. The zero-order chi connectivity index (χ0) is 7.90. The molecule has 0 aromatic carbocycles. The van der Waals surface area contributed by atoms with E-state index >= 15 is 0 Å². The third-order valence-electron chi connectivity index (χ3n) is 1.90. The number of rotatable bonds is 2. The summed E-state index contributed by atoms with van der Waals surface area (Å²) >= 11 is 1.36. The highest BCUT2D eigenvalue weighted by Gasteiger charge is 2.46. The second-order valence-electron chi connectivity index (χ2n) is 2.85. The summed E-state index contributed by atoms with van der Waals surface area (Å²) in [5, 5.41) is 0. The molecule has 0 atom stereocenters.